The van der Waals surface area contributed by atoms with Gasteiger partial charge in [-0.25, -0.2) is 8.42 Å². The van der Waals surface area contributed by atoms with Gasteiger partial charge in [-0.05, 0) is 26.2 Å². The molecule has 0 saturated carbocycles. The Labute approximate surface area is 152 Å². The van der Waals surface area contributed by atoms with Gasteiger partial charge in [0.25, 0.3) is 0 Å². The van der Waals surface area contributed by atoms with Crippen molar-refractivity contribution in [2.75, 3.05) is 24.6 Å². The Balaban J connectivity index is 1.46. The number of likely N-dealkylation sites (tertiary alicyclic amines) is 2. The molecule has 26 heavy (non-hydrogen) atoms. The molecule has 3 aliphatic heterocycles. The van der Waals surface area contributed by atoms with E-state index in [2.05, 4.69) is 5.16 Å². The number of amides is 2. The molecule has 8 nitrogen and oxygen atoms in total. The van der Waals surface area contributed by atoms with Crippen molar-refractivity contribution in [1.82, 2.24) is 15.0 Å². The van der Waals surface area contributed by atoms with E-state index in [-0.39, 0.29) is 41.8 Å². The van der Waals surface area contributed by atoms with E-state index < -0.39 is 15.8 Å². The van der Waals surface area contributed by atoms with E-state index in [0.717, 1.165) is 18.5 Å². The maximum atomic E-state index is 13.0. The molecule has 1 aromatic rings. The van der Waals surface area contributed by atoms with Crippen LogP contribution < -0.4 is 0 Å². The first kappa shape index (κ1) is 17.5. The number of carbonyl (C=O) groups excluding carboxylic acids is 2. The molecule has 142 valence electrons. The molecule has 0 spiro atoms. The minimum absolute atomic E-state index is 0.0172. The van der Waals surface area contributed by atoms with Crippen LogP contribution in [-0.4, -0.2) is 65.8 Å². The summed E-state index contributed by atoms with van der Waals surface area (Å²) >= 11 is 0. The van der Waals surface area contributed by atoms with E-state index in [1.165, 1.54) is 0 Å². The molecule has 2 amide bonds. The molecular weight excluding hydrogens is 358 g/mol. The van der Waals surface area contributed by atoms with Gasteiger partial charge in [0.2, 0.25) is 11.8 Å². The first-order chi connectivity index (χ1) is 12.3. The second-order valence-corrected chi connectivity index (χ2v) is 9.79. The van der Waals surface area contributed by atoms with Crippen molar-refractivity contribution in [2.45, 2.75) is 44.7 Å². The molecule has 4 heterocycles. The number of sulfone groups is 1. The maximum Gasteiger partial charge on any atom is 0.228 e. The fourth-order valence-electron chi connectivity index (χ4n) is 4.37. The second kappa shape index (κ2) is 6.37. The molecule has 4 rings (SSSR count). The Hall–Kier alpha value is -1.90. The van der Waals surface area contributed by atoms with Gasteiger partial charge in [-0.2, -0.15) is 0 Å². The van der Waals surface area contributed by atoms with Crippen molar-refractivity contribution in [3.8, 4) is 0 Å². The van der Waals surface area contributed by atoms with Gasteiger partial charge in [0.05, 0.1) is 29.2 Å². The van der Waals surface area contributed by atoms with Crippen molar-refractivity contribution in [3.63, 3.8) is 0 Å². The van der Waals surface area contributed by atoms with Crippen LogP contribution in [0.25, 0.3) is 0 Å². The largest absolute Gasteiger partial charge is 0.359 e. The SMILES string of the molecule is Cc1cc([C@@H]2CCCN2C(=O)[C@H]2CC(=O)N([C@@H]3CCS(=O)(=O)C3)C2)on1. The van der Waals surface area contributed by atoms with E-state index in [1.807, 2.05) is 13.0 Å². The molecule has 0 radical (unpaired) electrons. The lowest BCUT2D eigenvalue weighted by atomic mass is 10.1. The number of hydrogen-bond acceptors (Lipinski definition) is 6. The summed E-state index contributed by atoms with van der Waals surface area (Å²) in [4.78, 5) is 28.8. The molecule has 3 saturated heterocycles. The lowest BCUT2D eigenvalue weighted by Crippen LogP contribution is -2.40. The smallest absolute Gasteiger partial charge is 0.228 e. The summed E-state index contributed by atoms with van der Waals surface area (Å²) in [5, 5.41) is 3.91. The van der Waals surface area contributed by atoms with Crippen LogP contribution in [0, 0.1) is 12.8 Å². The van der Waals surface area contributed by atoms with E-state index in [1.54, 1.807) is 9.80 Å². The summed E-state index contributed by atoms with van der Waals surface area (Å²) < 4.78 is 28.8. The molecule has 0 aromatic carbocycles. The van der Waals surface area contributed by atoms with Crippen LogP contribution in [0.1, 0.15) is 43.2 Å². The third-order valence-electron chi connectivity index (χ3n) is 5.67. The Bertz CT molecular complexity index is 833. The topological polar surface area (TPSA) is 101 Å². The Morgan fingerprint density at radius 1 is 1.35 bits per heavy atom. The minimum Gasteiger partial charge on any atom is -0.359 e. The monoisotopic (exact) mass is 381 g/mol. The standard InChI is InChI=1S/C17H23N3O5S/c1-11-7-15(25-18-11)14-3-2-5-19(14)17(22)12-8-16(21)20(9-12)13-4-6-26(23,24)10-13/h7,12-14H,2-6,8-10H2,1H3/t12-,13+,14-/m0/s1. The highest BCUT2D eigenvalue weighted by molar-refractivity contribution is 7.91. The van der Waals surface area contributed by atoms with Crippen molar-refractivity contribution < 1.29 is 22.5 Å². The summed E-state index contributed by atoms with van der Waals surface area (Å²) in [6.07, 6.45) is 2.35. The summed E-state index contributed by atoms with van der Waals surface area (Å²) in [6.45, 7) is 2.81. The lowest BCUT2D eigenvalue weighted by molar-refractivity contribution is -0.137. The van der Waals surface area contributed by atoms with E-state index in [0.29, 0.717) is 25.3 Å². The van der Waals surface area contributed by atoms with Crippen LogP contribution in [0.2, 0.25) is 0 Å². The molecule has 3 fully saturated rings. The molecule has 0 bridgehead atoms. The Morgan fingerprint density at radius 3 is 2.81 bits per heavy atom. The van der Waals surface area contributed by atoms with Gasteiger partial charge < -0.3 is 14.3 Å². The van der Waals surface area contributed by atoms with Crippen molar-refractivity contribution in [3.05, 3.63) is 17.5 Å². The first-order valence-corrected chi connectivity index (χ1v) is 10.9. The highest BCUT2D eigenvalue weighted by Gasteiger charge is 2.44. The average molecular weight is 381 g/mol. The number of rotatable bonds is 3. The van der Waals surface area contributed by atoms with Gasteiger partial charge in [-0.3, -0.25) is 9.59 Å². The fraction of sp³-hybridized carbons (Fsp3) is 0.706. The van der Waals surface area contributed by atoms with Crippen molar-refractivity contribution in [2.24, 2.45) is 5.92 Å². The molecule has 9 heteroatoms. The molecular formula is C17H23N3O5S. The fourth-order valence-corrected chi connectivity index (χ4v) is 6.10. The summed E-state index contributed by atoms with van der Waals surface area (Å²) in [5.41, 5.74) is 0.781. The molecule has 3 atom stereocenters. The quantitative estimate of drug-likeness (QED) is 0.763. The molecule has 0 N–H and O–H groups in total. The number of aryl methyl sites for hydroxylation is 1. The van der Waals surface area contributed by atoms with Crippen LogP contribution in [0.15, 0.2) is 10.6 Å². The molecule has 3 aliphatic rings. The number of nitrogens with zero attached hydrogens (tertiary/aromatic N) is 3. The summed E-state index contributed by atoms with van der Waals surface area (Å²) in [7, 11) is -3.06. The summed E-state index contributed by atoms with van der Waals surface area (Å²) in [5.74, 6) is 0.268. The molecule has 0 unspecified atom stereocenters. The van der Waals surface area contributed by atoms with E-state index >= 15 is 0 Å². The first-order valence-electron chi connectivity index (χ1n) is 9.07. The number of aromatic nitrogens is 1. The summed E-state index contributed by atoms with van der Waals surface area (Å²) in [6, 6.07) is 1.45. The van der Waals surface area contributed by atoms with E-state index in [9.17, 15) is 18.0 Å². The van der Waals surface area contributed by atoms with Gasteiger partial charge in [0.1, 0.15) is 0 Å². The minimum atomic E-state index is -3.06. The van der Waals surface area contributed by atoms with Crippen LogP contribution in [0.3, 0.4) is 0 Å². The maximum absolute atomic E-state index is 13.0. The van der Waals surface area contributed by atoms with Crippen molar-refractivity contribution in [1.29, 1.82) is 0 Å². The Kier molecular flexibility index (Phi) is 4.29. The zero-order valence-electron chi connectivity index (χ0n) is 14.8. The van der Waals surface area contributed by atoms with Gasteiger partial charge >= 0.3 is 0 Å². The van der Waals surface area contributed by atoms with Crippen LogP contribution in [-0.2, 0) is 19.4 Å². The van der Waals surface area contributed by atoms with Gasteiger partial charge in [-0.1, -0.05) is 5.16 Å². The zero-order chi connectivity index (χ0) is 18.5. The molecule has 1 aromatic heterocycles. The average Bonchev–Trinajstić information content (AvgIpc) is 3.32. The second-order valence-electron chi connectivity index (χ2n) is 7.56. The number of carbonyl (C=O) groups is 2. The third-order valence-corrected chi connectivity index (χ3v) is 7.42. The number of hydrogen-bond donors (Lipinski definition) is 0. The predicted molar refractivity (Wildman–Crippen MR) is 91.8 cm³/mol. The van der Waals surface area contributed by atoms with Crippen LogP contribution in [0.4, 0.5) is 0 Å². The van der Waals surface area contributed by atoms with E-state index in [4.69, 9.17) is 4.52 Å². The molecule has 0 aliphatic carbocycles. The highest BCUT2D eigenvalue weighted by Crippen LogP contribution is 2.35. The van der Waals surface area contributed by atoms with Gasteiger partial charge in [0, 0.05) is 31.6 Å². The zero-order valence-corrected chi connectivity index (χ0v) is 15.6. The normalized spacial score (nSPS) is 31.1. The Morgan fingerprint density at radius 2 is 2.15 bits per heavy atom. The van der Waals surface area contributed by atoms with Crippen molar-refractivity contribution >= 4 is 21.7 Å². The van der Waals surface area contributed by atoms with Gasteiger partial charge in [-0.15, -0.1) is 0 Å². The predicted octanol–water partition coefficient (Wildman–Crippen LogP) is 0.682. The lowest BCUT2D eigenvalue weighted by Gasteiger charge is -2.27. The third kappa shape index (κ3) is 3.13. The van der Waals surface area contributed by atoms with Gasteiger partial charge in [0.15, 0.2) is 15.6 Å². The van der Waals surface area contributed by atoms with Crippen LogP contribution >= 0.6 is 0 Å². The van der Waals surface area contributed by atoms with Crippen LogP contribution in [0.5, 0.6) is 0 Å². The highest BCUT2D eigenvalue weighted by atomic mass is 32.2.